The first-order valence-corrected chi connectivity index (χ1v) is 9.33. The first-order valence-electron chi connectivity index (χ1n) is 9.33. The van der Waals surface area contributed by atoms with Crippen LogP contribution in [0.15, 0.2) is 66.7 Å². The molecule has 0 aromatic heterocycles. The van der Waals surface area contributed by atoms with E-state index in [0.717, 1.165) is 36.0 Å². The number of aryl methyl sites for hydroxylation is 1. The van der Waals surface area contributed by atoms with Gasteiger partial charge in [0.25, 0.3) is 0 Å². The average molecular weight is 348 g/mol. The van der Waals surface area contributed by atoms with Crippen molar-refractivity contribution in [1.82, 2.24) is 0 Å². The third kappa shape index (κ3) is 4.32. The van der Waals surface area contributed by atoms with Gasteiger partial charge in [0.1, 0.15) is 0 Å². The van der Waals surface area contributed by atoms with E-state index < -0.39 is 0 Å². The smallest absolute Gasteiger partial charge is 0.165 e. The Bertz CT molecular complexity index is 835. The van der Waals surface area contributed by atoms with E-state index in [0.29, 0.717) is 12.4 Å². The summed E-state index contributed by atoms with van der Waals surface area (Å²) in [5.74, 6) is 0.0210. The van der Waals surface area contributed by atoms with Crippen LogP contribution in [0.25, 0.3) is 22.3 Å². The molecule has 0 heterocycles. The first kappa shape index (κ1) is 18.2. The van der Waals surface area contributed by atoms with Crippen LogP contribution in [0.1, 0.15) is 32.3 Å². The van der Waals surface area contributed by atoms with Crippen LogP contribution in [0.2, 0.25) is 0 Å². The Morgan fingerprint density at radius 3 is 1.81 bits per heavy atom. The number of rotatable bonds is 7. The molecule has 0 amide bonds. The summed E-state index contributed by atoms with van der Waals surface area (Å²) >= 11 is 0. The van der Waals surface area contributed by atoms with E-state index in [1.54, 1.807) is 12.1 Å². The van der Waals surface area contributed by atoms with E-state index in [1.165, 1.54) is 11.1 Å². The zero-order chi connectivity index (χ0) is 18.4. The highest BCUT2D eigenvalue weighted by molar-refractivity contribution is 5.70. The molecule has 3 aromatic carbocycles. The van der Waals surface area contributed by atoms with E-state index in [4.69, 9.17) is 4.74 Å². The van der Waals surface area contributed by atoms with Gasteiger partial charge in [-0.15, -0.1) is 0 Å². The quantitative estimate of drug-likeness (QED) is 0.422. The van der Waals surface area contributed by atoms with Crippen LogP contribution in [-0.2, 0) is 6.42 Å². The Kier molecular flexibility index (Phi) is 6.06. The minimum Gasteiger partial charge on any atom is -0.491 e. The van der Waals surface area contributed by atoms with E-state index in [9.17, 15) is 4.39 Å². The summed E-state index contributed by atoms with van der Waals surface area (Å²) in [5, 5.41) is 0. The lowest BCUT2D eigenvalue weighted by Gasteiger charge is -2.09. The van der Waals surface area contributed by atoms with Crippen LogP contribution in [0.5, 0.6) is 5.75 Å². The lowest BCUT2D eigenvalue weighted by Crippen LogP contribution is -1.98. The molecule has 26 heavy (non-hydrogen) atoms. The average Bonchev–Trinajstić information content (AvgIpc) is 2.69. The molecule has 0 N–H and O–H groups in total. The Hall–Kier alpha value is -2.61. The highest BCUT2D eigenvalue weighted by Crippen LogP contribution is 2.28. The molecule has 3 rings (SSSR count). The van der Waals surface area contributed by atoms with Crippen LogP contribution in [0, 0.1) is 5.82 Å². The Labute approximate surface area is 155 Å². The van der Waals surface area contributed by atoms with Crippen molar-refractivity contribution in [2.24, 2.45) is 0 Å². The molecule has 0 unspecified atom stereocenters. The minimum absolute atomic E-state index is 0.308. The van der Waals surface area contributed by atoms with Crippen molar-refractivity contribution >= 4 is 0 Å². The predicted octanol–water partition coefficient (Wildman–Crippen LogP) is 6.90. The van der Waals surface area contributed by atoms with Crippen molar-refractivity contribution in [3.8, 4) is 28.0 Å². The van der Waals surface area contributed by atoms with Gasteiger partial charge < -0.3 is 4.74 Å². The molecule has 0 saturated carbocycles. The van der Waals surface area contributed by atoms with E-state index in [2.05, 4.69) is 50.2 Å². The maximum atomic E-state index is 14.3. The summed E-state index contributed by atoms with van der Waals surface area (Å²) in [7, 11) is 0. The van der Waals surface area contributed by atoms with Gasteiger partial charge in [-0.2, -0.15) is 0 Å². The second-order valence-electron chi connectivity index (χ2n) is 6.48. The summed E-state index contributed by atoms with van der Waals surface area (Å²) in [5.41, 5.74) is 5.55. The molecular formula is C24H25FO. The van der Waals surface area contributed by atoms with Gasteiger partial charge in [-0.25, -0.2) is 4.39 Å². The number of hydrogen-bond donors (Lipinski definition) is 0. The molecule has 0 radical (unpaired) electrons. The normalized spacial score (nSPS) is 10.7. The van der Waals surface area contributed by atoms with Gasteiger partial charge in [0.15, 0.2) is 11.6 Å². The van der Waals surface area contributed by atoms with Gasteiger partial charge in [-0.3, -0.25) is 0 Å². The number of hydrogen-bond acceptors (Lipinski definition) is 1. The van der Waals surface area contributed by atoms with Crippen molar-refractivity contribution in [3.05, 3.63) is 78.1 Å². The number of unbranched alkanes of at least 4 members (excludes halogenated alkanes) is 1. The Morgan fingerprint density at radius 2 is 1.27 bits per heavy atom. The van der Waals surface area contributed by atoms with Crippen molar-refractivity contribution in [1.29, 1.82) is 0 Å². The summed E-state index contributed by atoms with van der Waals surface area (Å²) in [6, 6.07) is 22.0. The molecule has 3 aromatic rings. The highest BCUT2D eigenvalue weighted by Gasteiger charge is 2.07. The Balaban J connectivity index is 1.76. The zero-order valence-corrected chi connectivity index (χ0v) is 15.5. The van der Waals surface area contributed by atoms with Crippen LogP contribution in [0.3, 0.4) is 0 Å². The summed E-state index contributed by atoms with van der Waals surface area (Å²) in [6.45, 7) is 4.80. The molecule has 2 heteroatoms. The Morgan fingerprint density at radius 1 is 0.731 bits per heavy atom. The second-order valence-corrected chi connectivity index (χ2v) is 6.48. The maximum Gasteiger partial charge on any atom is 0.165 e. The first-order chi connectivity index (χ1) is 12.7. The molecule has 0 aliphatic carbocycles. The van der Waals surface area contributed by atoms with Gasteiger partial charge in [-0.05, 0) is 52.8 Å². The van der Waals surface area contributed by atoms with Gasteiger partial charge in [0.05, 0.1) is 6.61 Å². The van der Waals surface area contributed by atoms with Crippen molar-refractivity contribution in [3.63, 3.8) is 0 Å². The maximum absolute atomic E-state index is 14.3. The van der Waals surface area contributed by atoms with Crippen molar-refractivity contribution < 1.29 is 9.13 Å². The van der Waals surface area contributed by atoms with Gasteiger partial charge in [-0.1, -0.05) is 74.9 Å². The zero-order valence-electron chi connectivity index (χ0n) is 15.5. The lowest BCUT2D eigenvalue weighted by atomic mass is 9.99. The molecule has 134 valence electrons. The minimum atomic E-state index is -0.308. The third-order valence-electron chi connectivity index (χ3n) is 4.60. The van der Waals surface area contributed by atoms with Crippen LogP contribution < -0.4 is 4.74 Å². The lowest BCUT2D eigenvalue weighted by molar-refractivity contribution is 0.294. The standard InChI is InChI=1S/C24H25FO/c1-3-5-16-26-24-15-14-22(17-23(24)25)21-12-10-20(11-13-21)19-8-6-18(4-2)7-9-19/h6-15,17H,3-5,16H2,1-2H3. The number of halogens is 1. The summed E-state index contributed by atoms with van der Waals surface area (Å²) in [4.78, 5) is 0. The monoisotopic (exact) mass is 348 g/mol. The van der Waals surface area contributed by atoms with Crippen LogP contribution >= 0.6 is 0 Å². The van der Waals surface area contributed by atoms with E-state index in [-0.39, 0.29) is 5.82 Å². The predicted molar refractivity (Wildman–Crippen MR) is 107 cm³/mol. The second kappa shape index (κ2) is 8.66. The molecule has 0 aliphatic heterocycles. The van der Waals surface area contributed by atoms with Crippen LogP contribution in [0.4, 0.5) is 4.39 Å². The third-order valence-corrected chi connectivity index (χ3v) is 4.60. The molecule has 0 saturated heterocycles. The molecule has 0 bridgehead atoms. The SMILES string of the molecule is CCCCOc1ccc(-c2ccc(-c3ccc(CC)cc3)cc2)cc1F. The molecule has 0 atom stereocenters. The fourth-order valence-corrected chi connectivity index (χ4v) is 2.91. The van der Waals surface area contributed by atoms with Crippen molar-refractivity contribution in [2.45, 2.75) is 33.1 Å². The highest BCUT2D eigenvalue weighted by atomic mass is 19.1. The largest absolute Gasteiger partial charge is 0.491 e. The summed E-state index contributed by atoms with van der Waals surface area (Å²) in [6.07, 6.45) is 3.01. The summed E-state index contributed by atoms with van der Waals surface area (Å²) < 4.78 is 19.7. The fourth-order valence-electron chi connectivity index (χ4n) is 2.91. The molecular weight excluding hydrogens is 323 g/mol. The number of benzene rings is 3. The fraction of sp³-hybridized carbons (Fsp3) is 0.250. The van der Waals surface area contributed by atoms with Crippen LogP contribution in [-0.4, -0.2) is 6.61 Å². The molecule has 0 fully saturated rings. The van der Waals surface area contributed by atoms with E-state index in [1.807, 2.05) is 18.2 Å². The molecule has 0 spiro atoms. The number of ether oxygens (including phenoxy) is 1. The molecule has 0 aliphatic rings. The van der Waals surface area contributed by atoms with Gasteiger partial charge in [0.2, 0.25) is 0 Å². The van der Waals surface area contributed by atoms with Gasteiger partial charge >= 0.3 is 0 Å². The van der Waals surface area contributed by atoms with Crippen molar-refractivity contribution in [2.75, 3.05) is 6.61 Å². The topological polar surface area (TPSA) is 9.23 Å². The molecule has 1 nitrogen and oxygen atoms in total. The van der Waals surface area contributed by atoms with E-state index >= 15 is 0 Å². The van der Waals surface area contributed by atoms with Gasteiger partial charge in [0, 0.05) is 0 Å².